The highest BCUT2D eigenvalue weighted by Crippen LogP contribution is 2.33. The topological polar surface area (TPSA) is 110 Å². The van der Waals surface area contributed by atoms with Crippen LogP contribution in [0.15, 0.2) is 41.6 Å². The number of carbonyl (C=O) groups is 1. The number of hydrogen-bond acceptors (Lipinski definition) is 5. The lowest BCUT2D eigenvalue weighted by Gasteiger charge is -2.14. The van der Waals surface area contributed by atoms with Gasteiger partial charge in [-0.3, -0.25) is 14.3 Å². The van der Waals surface area contributed by atoms with E-state index in [-0.39, 0.29) is 18.3 Å². The summed E-state index contributed by atoms with van der Waals surface area (Å²) in [5.41, 5.74) is -2.48. The number of amides is 1. The van der Waals surface area contributed by atoms with Gasteiger partial charge in [0.1, 0.15) is 0 Å². The number of aromatic amines is 1. The van der Waals surface area contributed by atoms with Crippen LogP contribution >= 0.6 is 0 Å². The van der Waals surface area contributed by atoms with Crippen molar-refractivity contribution in [1.29, 1.82) is 0 Å². The Bertz CT molecular complexity index is 988. The molecule has 0 fully saturated rings. The van der Waals surface area contributed by atoms with E-state index in [0.29, 0.717) is 11.2 Å². The van der Waals surface area contributed by atoms with E-state index >= 15 is 0 Å². The Hall–Kier alpha value is -3.44. The van der Waals surface area contributed by atoms with Gasteiger partial charge in [0.15, 0.2) is 11.5 Å². The van der Waals surface area contributed by atoms with E-state index in [0.717, 1.165) is 18.3 Å². The van der Waals surface area contributed by atoms with E-state index in [9.17, 15) is 22.8 Å². The highest BCUT2D eigenvalue weighted by Gasteiger charge is 2.41. The Labute approximate surface area is 156 Å². The molecule has 2 N–H and O–H groups in total. The van der Waals surface area contributed by atoms with Gasteiger partial charge in [-0.05, 0) is 18.1 Å². The van der Waals surface area contributed by atoms with Gasteiger partial charge in [-0.2, -0.15) is 28.5 Å². The van der Waals surface area contributed by atoms with Gasteiger partial charge < -0.3 is 5.32 Å². The van der Waals surface area contributed by atoms with Gasteiger partial charge in [0.2, 0.25) is 0 Å². The molecule has 1 amide bonds. The van der Waals surface area contributed by atoms with Crippen molar-refractivity contribution < 1.29 is 18.0 Å². The third-order valence-electron chi connectivity index (χ3n) is 3.83. The number of H-pyrrole nitrogens is 1. The number of alkyl halides is 3. The highest BCUT2D eigenvalue weighted by molar-refractivity contribution is 5.95. The number of nitrogens with zero attached hydrogens (tertiary/aromatic N) is 5. The van der Waals surface area contributed by atoms with Crippen LogP contribution in [0.3, 0.4) is 0 Å². The second-order valence-corrected chi connectivity index (χ2v) is 6.14. The zero-order valence-corrected chi connectivity index (χ0v) is 14.6. The maximum atomic E-state index is 13.6. The molecule has 0 aromatic carbocycles. The molecule has 3 rings (SSSR count). The van der Waals surface area contributed by atoms with Crippen LogP contribution in [0.2, 0.25) is 0 Å². The first-order chi connectivity index (χ1) is 13.3. The zero-order chi connectivity index (χ0) is 20.3. The van der Waals surface area contributed by atoms with Crippen LogP contribution in [-0.4, -0.2) is 42.2 Å². The van der Waals surface area contributed by atoms with E-state index in [1.807, 2.05) is 12.0 Å². The molecule has 0 bridgehead atoms. The predicted molar refractivity (Wildman–Crippen MR) is 90.7 cm³/mol. The summed E-state index contributed by atoms with van der Waals surface area (Å²) in [6.07, 6.45) is -0.674. The molecule has 28 heavy (non-hydrogen) atoms. The largest absolute Gasteiger partial charge is 0.434 e. The van der Waals surface area contributed by atoms with Crippen molar-refractivity contribution in [3.8, 4) is 5.82 Å². The van der Waals surface area contributed by atoms with Crippen LogP contribution < -0.4 is 10.9 Å². The minimum absolute atomic E-state index is 0.0610. The van der Waals surface area contributed by atoms with Gasteiger partial charge in [-0.15, -0.1) is 0 Å². The number of halogens is 3. The normalized spacial score (nSPS) is 12.7. The van der Waals surface area contributed by atoms with Gasteiger partial charge in [0.25, 0.3) is 11.5 Å². The van der Waals surface area contributed by atoms with Crippen molar-refractivity contribution in [1.82, 2.24) is 35.1 Å². The van der Waals surface area contributed by atoms with Gasteiger partial charge in [-0.25, -0.2) is 9.78 Å². The first-order valence-electron chi connectivity index (χ1n) is 8.22. The van der Waals surface area contributed by atoms with E-state index in [4.69, 9.17) is 0 Å². The Morgan fingerprint density at radius 1 is 1.32 bits per heavy atom. The van der Waals surface area contributed by atoms with Crippen LogP contribution in [0.25, 0.3) is 5.82 Å². The Kier molecular flexibility index (Phi) is 5.29. The summed E-state index contributed by atoms with van der Waals surface area (Å²) >= 11 is 0. The van der Waals surface area contributed by atoms with Crippen molar-refractivity contribution in [2.24, 2.45) is 5.92 Å². The lowest BCUT2D eigenvalue weighted by molar-refractivity contribution is -0.143. The predicted octanol–water partition coefficient (Wildman–Crippen LogP) is 1.24. The number of nitrogens with one attached hydrogen (secondary N) is 2. The van der Waals surface area contributed by atoms with Crippen LogP contribution in [0.4, 0.5) is 13.2 Å². The Morgan fingerprint density at radius 3 is 2.71 bits per heavy atom. The third kappa shape index (κ3) is 4.27. The first kappa shape index (κ1) is 19.3. The monoisotopic (exact) mass is 395 g/mol. The molecule has 3 heterocycles. The molecule has 0 aliphatic heterocycles. The molecule has 0 saturated carbocycles. The van der Waals surface area contributed by atoms with Crippen molar-refractivity contribution in [3.63, 3.8) is 0 Å². The summed E-state index contributed by atoms with van der Waals surface area (Å²) in [7, 11) is 0. The highest BCUT2D eigenvalue weighted by atomic mass is 19.4. The molecule has 3 aromatic rings. The molecule has 9 nitrogen and oxygen atoms in total. The average molecular weight is 395 g/mol. The van der Waals surface area contributed by atoms with Crippen LogP contribution in [0.1, 0.15) is 23.0 Å². The van der Waals surface area contributed by atoms with Gasteiger partial charge in [-0.1, -0.05) is 6.92 Å². The molecule has 1 atom stereocenters. The minimum Gasteiger partial charge on any atom is -0.352 e. The van der Waals surface area contributed by atoms with Crippen molar-refractivity contribution >= 4 is 5.91 Å². The molecule has 0 spiro atoms. The molecule has 148 valence electrons. The fourth-order valence-electron chi connectivity index (χ4n) is 2.57. The maximum Gasteiger partial charge on any atom is 0.434 e. The number of carbonyl (C=O) groups excluding carboxylic acids is 1. The molecule has 0 aliphatic carbocycles. The summed E-state index contributed by atoms with van der Waals surface area (Å²) < 4.78 is 42.8. The zero-order valence-electron chi connectivity index (χ0n) is 14.6. The van der Waals surface area contributed by atoms with E-state index in [1.54, 1.807) is 23.1 Å². The lowest BCUT2D eigenvalue weighted by Crippen LogP contribution is -2.31. The summed E-state index contributed by atoms with van der Waals surface area (Å²) in [4.78, 5) is 23.4. The van der Waals surface area contributed by atoms with Crippen LogP contribution in [0, 0.1) is 5.92 Å². The Balaban J connectivity index is 1.80. The van der Waals surface area contributed by atoms with E-state index < -0.39 is 28.9 Å². The van der Waals surface area contributed by atoms with Gasteiger partial charge >= 0.3 is 6.18 Å². The molecule has 3 aromatic heterocycles. The second kappa shape index (κ2) is 7.66. The smallest absolute Gasteiger partial charge is 0.352 e. The molecular formula is C16H16F3N7O2. The van der Waals surface area contributed by atoms with Crippen molar-refractivity contribution in [2.75, 3.05) is 6.54 Å². The lowest BCUT2D eigenvalue weighted by atomic mass is 10.1. The quantitative estimate of drug-likeness (QED) is 0.652. The first-order valence-corrected chi connectivity index (χ1v) is 8.22. The van der Waals surface area contributed by atoms with Crippen LogP contribution in [0.5, 0.6) is 0 Å². The SMILES string of the molecule is CC(CNC(=O)c1cnn(-c2ccc(=O)[nH]n2)c1C(F)(F)F)Cn1cccn1. The standard InChI is InChI=1S/C16H16F3N7O2/c1-10(9-25-6-2-5-21-25)7-20-15(28)11-8-22-26(14(11)16(17,18)19)12-3-4-13(27)24-23-12/h2-6,8,10H,7,9H2,1H3,(H,20,28)(H,24,27). The third-order valence-corrected chi connectivity index (χ3v) is 3.83. The van der Waals surface area contributed by atoms with Crippen molar-refractivity contribution in [3.05, 3.63) is 58.4 Å². The van der Waals surface area contributed by atoms with Gasteiger partial charge in [0.05, 0.1) is 11.8 Å². The molecule has 0 aliphatic rings. The average Bonchev–Trinajstić information content (AvgIpc) is 3.29. The fourth-order valence-corrected chi connectivity index (χ4v) is 2.57. The molecular weight excluding hydrogens is 379 g/mol. The molecule has 0 radical (unpaired) electrons. The van der Waals surface area contributed by atoms with E-state index in [1.165, 1.54) is 0 Å². The molecule has 1 unspecified atom stereocenters. The second-order valence-electron chi connectivity index (χ2n) is 6.14. The number of aromatic nitrogens is 6. The minimum atomic E-state index is -4.86. The molecule has 0 saturated heterocycles. The maximum absolute atomic E-state index is 13.6. The summed E-state index contributed by atoms with van der Waals surface area (Å²) in [5.74, 6) is -1.23. The van der Waals surface area contributed by atoms with E-state index in [2.05, 4.69) is 20.6 Å². The fraction of sp³-hybridized carbons (Fsp3) is 0.312. The van der Waals surface area contributed by atoms with Gasteiger partial charge in [0, 0.05) is 31.5 Å². The Morgan fingerprint density at radius 2 is 2.11 bits per heavy atom. The van der Waals surface area contributed by atoms with Crippen molar-refractivity contribution in [2.45, 2.75) is 19.6 Å². The van der Waals surface area contributed by atoms with Crippen LogP contribution in [-0.2, 0) is 12.7 Å². The summed E-state index contributed by atoms with van der Waals surface area (Å²) in [6, 6.07) is 3.84. The number of rotatable bonds is 6. The number of hydrogen-bond donors (Lipinski definition) is 2. The molecule has 12 heteroatoms. The summed E-state index contributed by atoms with van der Waals surface area (Å²) in [5, 5.41) is 15.7. The summed E-state index contributed by atoms with van der Waals surface area (Å²) in [6.45, 7) is 2.48.